The zero-order valence-corrected chi connectivity index (χ0v) is 14.5. The molecule has 0 spiro atoms. The van der Waals surface area contributed by atoms with E-state index in [1.165, 1.54) is 0 Å². The maximum absolute atomic E-state index is 12.4. The topological polar surface area (TPSA) is 75.5 Å². The maximum atomic E-state index is 12.4. The van der Waals surface area contributed by atoms with Gasteiger partial charge in [-0.15, -0.1) is 0 Å². The van der Waals surface area contributed by atoms with Crippen LogP contribution in [-0.4, -0.2) is 71.6 Å². The normalized spacial score (nSPS) is 23.3. The lowest BCUT2D eigenvalue weighted by Crippen LogP contribution is -2.41. The Morgan fingerprint density at radius 2 is 2.22 bits per heavy atom. The van der Waals surface area contributed by atoms with Crippen molar-refractivity contribution >= 4 is 15.7 Å². The van der Waals surface area contributed by atoms with Crippen molar-refractivity contribution in [3.05, 3.63) is 17.5 Å². The Hall–Kier alpha value is -1.41. The van der Waals surface area contributed by atoms with E-state index in [1.807, 2.05) is 34.5 Å². The molecule has 0 aromatic carbocycles. The Labute approximate surface area is 137 Å². The van der Waals surface area contributed by atoms with Gasteiger partial charge >= 0.3 is 0 Å². The number of nitrogens with zero attached hydrogens (tertiary/aromatic N) is 4. The van der Waals surface area contributed by atoms with Crippen molar-refractivity contribution in [3.63, 3.8) is 0 Å². The fraction of sp³-hybridized carbons (Fsp3) is 0.733. The predicted octanol–water partition coefficient (Wildman–Crippen LogP) is 0.0427. The highest BCUT2D eigenvalue weighted by molar-refractivity contribution is 7.91. The molecule has 128 valence electrons. The van der Waals surface area contributed by atoms with Crippen molar-refractivity contribution in [1.82, 2.24) is 19.6 Å². The second kappa shape index (κ2) is 6.24. The molecular formula is C15H24N4O3S. The molecule has 3 heterocycles. The molecule has 0 aliphatic carbocycles. The Morgan fingerprint density at radius 3 is 2.91 bits per heavy atom. The second-order valence-corrected chi connectivity index (χ2v) is 8.83. The van der Waals surface area contributed by atoms with E-state index in [0.717, 1.165) is 17.9 Å². The first-order chi connectivity index (χ1) is 10.8. The Morgan fingerprint density at radius 1 is 1.43 bits per heavy atom. The van der Waals surface area contributed by atoms with Crippen LogP contribution in [0, 0.1) is 6.92 Å². The predicted molar refractivity (Wildman–Crippen MR) is 86.7 cm³/mol. The number of fused-ring (bicyclic) bond motifs is 1. The minimum absolute atomic E-state index is 0.0539. The number of carbonyl (C=O) groups excluding carboxylic acids is 1. The lowest BCUT2D eigenvalue weighted by Gasteiger charge is -2.29. The van der Waals surface area contributed by atoms with E-state index in [2.05, 4.69) is 5.10 Å². The van der Waals surface area contributed by atoms with Gasteiger partial charge in [-0.25, -0.2) is 8.42 Å². The molecule has 3 rings (SSSR count). The van der Waals surface area contributed by atoms with Gasteiger partial charge in [0, 0.05) is 25.6 Å². The van der Waals surface area contributed by atoms with Gasteiger partial charge in [0.15, 0.2) is 9.84 Å². The standard InChI is InChI=1S/C15H24N4O3S/c1-12-9-14-10-18(6-7-19(14)16-12)15(20)3-5-17(2)13-4-8-23(21,22)11-13/h9,13H,3-8,10-11H2,1-2H3. The van der Waals surface area contributed by atoms with Crippen molar-refractivity contribution in [2.45, 2.75) is 38.9 Å². The smallest absolute Gasteiger partial charge is 0.224 e. The van der Waals surface area contributed by atoms with Crippen LogP contribution in [0.15, 0.2) is 6.07 Å². The first-order valence-corrected chi connectivity index (χ1v) is 9.88. The van der Waals surface area contributed by atoms with Gasteiger partial charge in [-0.3, -0.25) is 9.48 Å². The molecule has 1 aromatic rings. The monoisotopic (exact) mass is 340 g/mol. The van der Waals surface area contributed by atoms with Gasteiger partial charge in [-0.1, -0.05) is 0 Å². The number of amides is 1. The van der Waals surface area contributed by atoms with Gasteiger partial charge in [0.2, 0.25) is 5.91 Å². The number of sulfone groups is 1. The van der Waals surface area contributed by atoms with Crippen LogP contribution in [0.1, 0.15) is 24.2 Å². The van der Waals surface area contributed by atoms with Crippen LogP contribution < -0.4 is 0 Å². The van der Waals surface area contributed by atoms with Crippen LogP contribution in [0.5, 0.6) is 0 Å². The quantitative estimate of drug-likeness (QED) is 0.774. The summed E-state index contributed by atoms with van der Waals surface area (Å²) in [6.07, 6.45) is 1.11. The van der Waals surface area contributed by atoms with E-state index in [0.29, 0.717) is 32.5 Å². The lowest BCUT2D eigenvalue weighted by atomic mass is 10.2. The molecule has 1 aromatic heterocycles. The fourth-order valence-corrected chi connectivity index (χ4v) is 5.16. The van der Waals surface area contributed by atoms with Crippen LogP contribution in [0.3, 0.4) is 0 Å². The number of aromatic nitrogens is 2. The molecule has 8 heteroatoms. The fourth-order valence-electron chi connectivity index (χ4n) is 3.36. The van der Waals surface area contributed by atoms with Crippen LogP contribution >= 0.6 is 0 Å². The molecule has 1 atom stereocenters. The number of hydrogen-bond acceptors (Lipinski definition) is 5. The molecule has 2 aliphatic rings. The highest BCUT2D eigenvalue weighted by Crippen LogP contribution is 2.18. The lowest BCUT2D eigenvalue weighted by molar-refractivity contribution is -0.133. The summed E-state index contributed by atoms with van der Waals surface area (Å²) < 4.78 is 25.0. The van der Waals surface area contributed by atoms with E-state index >= 15 is 0 Å². The second-order valence-electron chi connectivity index (χ2n) is 6.60. The molecule has 0 saturated carbocycles. The Balaban J connectivity index is 1.50. The first kappa shape index (κ1) is 16.4. The number of hydrogen-bond donors (Lipinski definition) is 0. The molecule has 2 aliphatic heterocycles. The summed E-state index contributed by atoms with van der Waals surface area (Å²) in [5, 5.41) is 4.40. The Bertz CT molecular complexity index is 698. The first-order valence-electron chi connectivity index (χ1n) is 8.06. The van der Waals surface area contributed by atoms with E-state index in [1.54, 1.807) is 0 Å². The van der Waals surface area contributed by atoms with E-state index in [9.17, 15) is 13.2 Å². The molecular weight excluding hydrogens is 316 g/mol. The summed E-state index contributed by atoms with van der Waals surface area (Å²) in [5.41, 5.74) is 2.06. The molecule has 7 nitrogen and oxygen atoms in total. The van der Waals surface area contributed by atoms with Gasteiger partial charge in [0.05, 0.1) is 36.0 Å². The average Bonchev–Trinajstić information content (AvgIpc) is 3.04. The molecule has 1 unspecified atom stereocenters. The van der Waals surface area contributed by atoms with Gasteiger partial charge in [-0.2, -0.15) is 5.10 Å². The third kappa shape index (κ3) is 3.74. The highest BCUT2D eigenvalue weighted by atomic mass is 32.2. The molecule has 1 saturated heterocycles. The minimum Gasteiger partial charge on any atom is -0.335 e. The van der Waals surface area contributed by atoms with Crippen molar-refractivity contribution in [1.29, 1.82) is 0 Å². The van der Waals surface area contributed by atoms with E-state index in [4.69, 9.17) is 0 Å². The van der Waals surface area contributed by atoms with Gasteiger partial charge in [0.1, 0.15) is 0 Å². The van der Waals surface area contributed by atoms with Crippen molar-refractivity contribution < 1.29 is 13.2 Å². The molecule has 1 amide bonds. The third-order valence-corrected chi connectivity index (χ3v) is 6.53. The number of carbonyl (C=O) groups is 1. The van der Waals surface area contributed by atoms with Crippen LogP contribution in [0.2, 0.25) is 0 Å². The van der Waals surface area contributed by atoms with Gasteiger partial charge in [0.25, 0.3) is 0 Å². The minimum atomic E-state index is -2.88. The van der Waals surface area contributed by atoms with Gasteiger partial charge in [-0.05, 0) is 26.5 Å². The van der Waals surface area contributed by atoms with Crippen molar-refractivity contribution in [3.8, 4) is 0 Å². The van der Waals surface area contributed by atoms with Crippen LogP contribution in [0.25, 0.3) is 0 Å². The average molecular weight is 340 g/mol. The van der Waals surface area contributed by atoms with E-state index in [-0.39, 0.29) is 23.5 Å². The zero-order chi connectivity index (χ0) is 16.6. The zero-order valence-electron chi connectivity index (χ0n) is 13.7. The Kier molecular flexibility index (Phi) is 4.46. The van der Waals surface area contributed by atoms with E-state index < -0.39 is 9.84 Å². The third-order valence-electron chi connectivity index (χ3n) is 4.78. The molecule has 0 bridgehead atoms. The van der Waals surface area contributed by atoms with Crippen molar-refractivity contribution in [2.24, 2.45) is 0 Å². The summed E-state index contributed by atoms with van der Waals surface area (Å²) in [7, 11) is -0.967. The van der Waals surface area contributed by atoms with Crippen LogP contribution in [-0.2, 0) is 27.7 Å². The van der Waals surface area contributed by atoms with Crippen LogP contribution in [0.4, 0.5) is 0 Å². The molecule has 1 fully saturated rings. The summed E-state index contributed by atoms with van der Waals surface area (Å²) in [5.74, 6) is 0.619. The summed E-state index contributed by atoms with van der Waals surface area (Å²) >= 11 is 0. The maximum Gasteiger partial charge on any atom is 0.224 e. The summed E-state index contributed by atoms with van der Waals surface area (Å²) in [6.45, 7) is 4.61. The number of aryl methyl sites for hydroxylation is 1. The highest BCUT2D eigenvalue weighted by Gasteiger charge is 2.31. The number of rotatable bonds is 4. The molecule has 23 heavy (non-hydrogen) atoms. The molecule has 0 N–H and O–H groups in total. The molecule has 0 radical (unpaired) electrons. The van der Waals surface area contributed by atoms with Gasteiger partial charge < -0.3 is 9.80 Å². The largest absolute Gasteiger partial charge is 0.335 e. The summed E-state index contributed by atoms with van der Waals surface area (Å²) in [6, 6.07) is 2.08. The SMILES string of the molecule is Cc1cc2n(n1)CCN(C(=O)CCN(C)C1CCS(=O)(=O)C1)C2. The summed E-state index contributed by atoms with van der Waals surface area (Å²) in [4.78, 5) is 16.3. The van der Waals surface area contributed by atoms with Crippen molar-refractivity contribution in [2.75, 3.05) is 31.6 Å².